The van der Waals surface area contributed by atoms with E-state index < -0.39 is 0 Å². The van der Waals surface area contributed by atoms with E-state index in [0.717, 1.165) is 51.0 Å². The number of hydrogen-bond acceptors (Lipinski definition) is 5. The Morgan fingerprint density at radius 1 is 1.15 bits per heavy atom. The first-order valence-corrected chi connectivity index (χ1v) is 9.74. The number of benzene rings is 1. The maximum Gasteiger partial charge on any atom is 0.267 e. The van der Waals surface area contributed by atoms with Crippen molar-refractivity contribution in [1.29, 1.82) is 0 Å². The zero-order valence-corrected chi connectivity index (χ0v) is 16.1. The molecule has 3 aromatic heterocycles. The Morgan fingerprint density at radius 2 is 1.96 bits per heavy atom. The molecule has 0 saturated heterocycles. The third kappa shape index (κ3) is 3.24. The van der Waals surface area contributed by atoms with Crippen LogP contribution in [0.15, 0.2) is 42.5 Å². The maximum atomic E-state index is 12.9. The molecule has 0 fully saturated rings. The van der Waals surface area contributed by atoms with E-state index in [1.54, 1.807) is 0 Å². The van der Waals surface area contributed by atoms with Crippen molar-refractivity contribution in [3.8, 4) is 0 Å². The number of thiophene rings is 1. The average Bonchev–Trinajstić information content (AvgIpc) is 2.98. The van der Waals surface area contributed by atoms with E-state index in [0.29, 0.717) is 10.6 Å². The van der Waals surface area contributed by atoms with Gasteiger partial charge in [-0.3, -0.25) is 9.78 Å². The SMILES string of the molecule is CCCc1ccc2c(N)c(C(=O)Nc3cc(C)nc4ccccc34)sc2n1. The van der Waals surface area contributed by atoms with Crippen LogP contribution < -0.4 is 11.1 Å². The Labute approximate surface area is 161 Å². The van der Waals surface area contributed by atoms with Gasteiger partial charge in [0.1, 0.15) is 9.71 Å². The lowest BCUT2D eigenvalue weighted by Gasteiger charge is -2.09. The van der Waals surface area contributed by atoms with Gasteiger partial charge in [0.15, 0.2) is 0 Å². The second-order valence-corrected chi connectivity index (χ2v) is 7.53. The molecule has 0 aliphatic heterocycles. The number of anilines is 2. The first-order valence-electron chi connectivity index (χ1n) is 8.92. The van der Waals surface area contributed by atoms with Gasteiger partial charge < -0.3 is 11.1 Å². The van der Waals surface area contributed by atoms with Gasteiger partial charge in [-0.2, -0.15) is 0 Å². The van der Waals surface area contributed by atoms with Crippen molar-refractivity contribution in [3.63, 3.8) is 0 Å². The van der Waals surface area contributed by atoms with Crippen LogP contribution in [0.3, 0.4) is 0 Å². The van der Waals surface area contributed by atoms with Gasteiger partial charge in [0, 0.05) is 22.2 Å². The predicted molar refractivity (Wildman–Crippen MR) is 112 cm³/mol. The molecule has 1 amide bonds. The topological polar surface area (TPSA) is 80.9 Å². The lowest BCUT2D eigenvalue weighted by molar-refractivity contribution is 0.103. The van der Waals surface area contributed by atoms with Crippen molar-refractivity contribution >= 4 is 49.7 Å². The van der Waals surface area contributed by atoms with Crippen molar-refractivity contribution < 1.29 is 4.79 Å². The minimum atomic E-state index is -0.219. The number of nitrogens with one attached hydrogen (secondary N) is 1. The van der Waals surface area contributed by atoms with Crippen molar-refractivity contribution in [2.45, 2.75) is 26.7 Å². The summed E-state index contributed by atoms with van der Waals surface area (Å²) in [5.41, 5.74) is 10.2. The number of fused-ring (bicyclic) bond motifs is 2. The van der Waals surface area contributed by atoms with Gasteiger partial charge in [-0.05, 0) is 37.6 Å². The Bertz CT molecular complexity index is 1170. The monoisotopic (exact) mass is 376 g/mol. The highest BCUT2D eigenvalue weighted by atomic mass is 32.1. The highest BCUT2D eigenvalue weighted by molar-refractivity contribution is 7.21. The van der Waals surface area contributed by atoms with Crippen molar-refractivity contribution in [2.24, 2.45) is 0 Å². The molecule has 4 rings (SSSR count). The van der Waals surface area contributed by atoms with E-state index in [2.05, 4.69) is 22.2 Å². The summed E-state index contributed by atoms with van der Waals surface area (Å²) in [6, 6.07) is 13.6. The van der Waals surface area contributed by atoms with Gasteiger partial charge in [-0.15, -0.1) is 11.3 Å². The fraction of sp³-hybridized carbons (Fsp3) is 0.190. The third-order valence-electron chi connectivity index (χ3n) is 4.46. The lowest BCUT2D eigenvalue weighted by Crippen LogP contribution is -2.12. The van der Waals surface area contributed by atoms with Crippen molar-refractivity contribution in [3.05, 3.63) is 58.7 Å². The molecule has 27 heavy (non-hydrogen) atoms. The summed E-state index contributed by atoms with van der Waals surface area (Å²) in [7, 11) is 0. The van der Waals surface area contributed by atoms with Crippen LogP contribution in [0.2, 0.25) is 0 Å². The minimum absolute atomic E-state index is 0.219. The molecular formula is C21H20N4OS. The lowest BCUT2D eigenvalue weighted by atomic mass is 10.1. The van der Waals surface area contributed by atoms with Gasteiger partial charge >= 0.3 is 0 Å². The van der Waals surface area contributed by atoms with Crippen LogP contribution in [0.5, 0.6) is 0 Å². The molecule has 0 radical (unpaired) electrons. The predicted octanol–water partition coefficient (Wildman–Crippen LogP) is 4.94. The number of hydrogen-bond donors (Lipinski definition) is 2. The number of nitrogens with zero attached hydrogens (tertiary/aromatic N) is 2. The van der Waals surface area contributed by atoms with Crippen molar-refractivity contribution in [1.82, 2.24) is 9.97 Å². The minimum Gasteiger partial charge on any atom is -0.397 e. The number of para-hydroxylation sites is 1. The van der Waals surface area contributed by atoms with Gasteiger partial charge in [0.2, 0.25) is 0 Å². The molecule has 0 unspecified atom stereocenters. The zero-order chi connectivity index (χ0) is 19.0. The van der Waals surface area contributed by atoms with Crippen molar-refractivity contribution in [2.75, 3.05) is 11.1 Å². The number of carbonyl (C=O) groups is 1. The molecule has 3 N–H and O–H groups in total. The number of aryl methyl sites for hydroxylation is 2. The van der Waals surface area contributed by atoms with E-state index >= 15 is 0 Å². The molecule has 0 spiro atoms. The Hall–Kier alpha value is -2.99. The molecule has 0 bridgehead atoms. The molecule has 5 nitrogen and oxygen atoms in total. The Morgan fingerprint density at radius 3 is 2.78 bits per heavy atom. The molecule has 136 valence electrons. The fourth-order valence-electron chi connectivity index (χ4n) is 3.19. The van der Waals surface area contributed by atoms with Gasteiger partial charge in [0.25, 0.3) is 5.91 Å². The number of nitrogens with two attached hydrogens (primary N) is 1. The molecular weight excluding hydrogens is 356 g/mol. The number of rotatable bonds is 4. The summed E-state index contributed by atoms with van der Waals surface area (Å²) in [6.45, 7) is 4.03. The number of carbonyl (C=O) groups excluding carboxylic acids is 1. The van der Waals surface area contributed by atoms with Gasteiger partial charge in [0.05, 0.1) is 16.9 Å². The molecule has 4 aromatic rings. The van der Waals surface area contributed by atoms with Crippen LogP contribution in [0.4, 0.5) is 11.4 Å². The first-order chi connectivity index (χ1) is 13.1. The summed E-state index contributed by atoms with van der Waals surface area (Å²) in [4.78, 5) is 23.4. The number of nitrogen functional groups attached to an aromatic ring is 1. The van der Waals surface area contributed by atoms with Crippen LogP contribution in [-0.2, 0) is 6.42 Å². The second-order valence-electron chi connectivity index (χ2n) is 6.53. The van der Waals surface area contributed by atoms with Crippen LogP contribution in [0.1, 0.15) is 34.4 Å². The van der Waals surface area contributed by atoms with Crippen LogP contribution in [0, 0.1) is 6.92 Å². The van der Waals surface area contributed by atoms with Gasteiger partial charge in [-0.25, -0.2) is 4.98 Å². The normalized spacial score (nSPS) is 11.2. The smallest absolute Gasteiger partial charge is 0.267 e. The fourth-order valence-corrected chi connectivity index (χ4v) is 4.20. The summed E-state index contributed by atoms with van der Waals surface area (Å²) >= 11 is 1.34. The molecule has 0 saturated carbocycles. The first kappa shape index (κ1) is 17.4. The summed E-state index contributed by atoms with van der Waals surface area (Å²) in [5.74, 6) is -0.219. The molecule has 0 aliphatic carbocycles. The van der Waals surface area contributed by atoms with E-state index in [1.165, 1.54) is 11.3 Å². The summed E-state index contributed by atoms with van der Waals surface area (Å²) in [6.07, 6.45) is 1.94. The van der Waals surface area contributed by atoms with Crippen LogP contribution in [0.25, 0.3) is 21.1 Å². The maximum absolute atomic E-state index is 12.9. The largest absolute Gasteiger partial charge is 0.397 e. The Kier molecular flexibility index (Phi) is 4.49. The quantitative estimate of drug-likeness (QED) is 0.528. The Balaban J connectivity index is 1.72. The standard InChI is InChI=1S/C21H20N4OS/c1-3-6-13-9-10-15-18(22)19(27-21(15)24-13)20(26)25-17-11-12(2)23-16-8-5-4-7-14(16)17/h4-5,7-11H,3,6,22H2,1-2H3,(H,23,25,26). The number of pyridine rings is 2. The highest BCUT2D eigenvalue weighted by Gasteiger charge is 2.18. The third-order valence-corrected chi connectivity index (χ3v) is 5.57. The molecule has 6 heteroatoms. The second kappa shape index (κ2) is 6.96. The zero-order valence-electron chi connectivity index (χ0n) is 15.2. The van der Waals surface area contributed by atoms with Gasteiger partial charge in [-0.1, -0.05) is 31.5 Å². The highest BCUT2D eigenvalue weighted by Crippen LogP contribution is 2.34. The average molecular weight is 376 g/mol. The summed E-state index contributed by atoms with van der Waals surface area (Å²) in [5, 5.41) is 4.74. The molecule has 1 aromatic carbocycles. The van der Waals surface area contributed by atoms with E-state index in [9.17, 15) is 4.79 Å². The number of aromatic nitrogens is 2. The molecule has 0 aliphatic rings. The van der Waals surface area contributed by atoms with E-state index in [1.807, 2.05) is 49.4 Å². The molecule has 0 atom stereocenters. The van der Waals surface area contributed by atoms with Crippen LogP contribution in [-0.4, -0.2) is 15.9 Å². The summed E-state index contributed by atoms with van der Waals surface area (Å²) < 4.78 is 0. The van der Waals surface area contributed by atoms with E-state index in [4.69, 9.17) is 5.73 Å². The van der Waals surface area contributed by atoms with Crippen LogP contribution >= 0.6 is 11.3 Å². The number of amides is 1. The van der Waals surface area contributed by atoms with E-state index in [-0.39, 0.29) is 5.91 Å². The molecule has 3 heterocycles.